The van der Waals surface area contributed by atoms with Gasteiger partial charge in [-0.15, -0.1) is 0 Å². The van der Waals surface area contributed by atoms with Crippen molar-refractivity contribution >= 4 is 11.9 Å². The van der Waals surface area contributed by atoms with Crippen LogP contribution in [0.4, 0.5) is 0 Å². The molecule has 0 aromatic rings. The second kappa shape index (κ2) is 33.8. The first-order valence-corrected chi connectivity index (χ1v) is 12.8. The van der Waals surface area contributed by atoms with E-state index in [4.69, 9.17) is 23.7 Å². The minimum Gasteiger partial charge on any atom is -0.460 e. The van der Waals surface area contributed by atoms with E-state index in [1.165, 1.54) is 6.92 Å². The molecule has 0 rings (SSSR count). The molecule has 0 heterocycles. The Balaban J connectivity index is -0.0000000770. The SMILES string of the molecule is CC(=O)OC(C)(C)C.CCC(=O)OC(C)(C)C.CCOC.CCOCC.COC(C)C.COC(C)C. The first-order valence-electron chi connectivity index (χ1n) is 12.8. The Bertz CT molecular complexity index is 410. The monoisotopic (exact) mass is 528 g/mol. The number of carbonyl (C=O) groups excluding carboxylic acids is 2. The number of methoxy groups -OCH3 is 3. The van der Waals surface area contributed by atoms with Crippen molar-refractivity contribution in [2.45, 2.75) is 134 Å². The van der Waals surface area contributed by atoms with E-state index in [9.17, 15) is 9.59 Å². The molecule has 0 unspecified atom stereocenters. The van der Waals surface area contributed by atoms with Crippen LogP contribution in [0.1, 0.15) is 110 Å². The molecule has 0 atom stereocenters. The number of carbonyl (C=O) groups is 2. The summed E-state index contributed by atoms with van der Waals surface area (Å²) in [6.07, 6.45) is 1.22. The molecule has 224 valence electrons. The van der Waals surface area contributed by atoms with E-state index >= 15 is 0 Å². The van der Waals surface area contributed by atoms with E-state index in [0.29, 0.717) is 18.6 Å². The highest BCUT2D eigenvalue weighted by Crippen LogP contribution is 2.07. The predicted octanol–water partition coefficient (Wildman–Crippen LogP) is 6.86. The summed E-state index contributed by atoms with van der Waals surface area (Å²) in [7, 11) is 5.08. The van der Waals surface area contributed by atoms with Gasteiger partial charge in [-0.2, -0.15) is 0 Å². The zero-order valence-electron chi connectivity index (χ0n) is 27.2. The second-order valence-corrected chi connectivity index (χ2v) is 9.57. The van der Waals surface area contributed by atoms with E-state index in [2.05, 4.69) is 4.74 Å². The van der Waals surface area contributed by atoms with Gasteiger partial charge in [-0.3, -0.25) is 9.59 Å². The summed E-state index contributed by atoms with van der Waals surface area (Å²) in [5.41, 5.74) is -0.654. The van der Waals surface area contributed by atoms with Gasteiger partial charge in [0, 0.05) is 54.5 Å². The minimum absolute atomic E-state index is 0.137. The van der Waals surface area contributed by atoms with Crippen molar-refractivity contribution < 1.29 is 38.0 Å². The lowest BCUT2D eigenvalue weighted by Gasteiger charge is -2.18. The molecule has 8 heteroatoms. The summed E-state index contributed by atoms with van der Waals surface area (Å²) < 4.78 is 28.6. The zero-order chi connectivity index (χ0) is 30.4. The largest absolute Gasteiger partial charge is 0.460 e. The molecule has 0 fully saturated rings. The third-order valence-electron chi connectivity index (χ3n) is 2.80. The zero-order valence-corrected chi connectivity index (χ0v) is 27.2. The molecule has 0 saturated heterocycles. The van der Waals surface area contributed by atoms with Crippen LogP contribution in [0.3, 0.4) is 0 Å². The van der Waals surface area contributed by atoms with Crippen molar-refractivity contribution in [3.8, 4) is 0 Å². The minimum atomic E-state index is -0.328. The van der Waals surface area contributed by atoms with Gasteiger partial charge in [-0.05, 0) is 90.0 Å². The fourth-order valence-corrected chi connectivity index (χ4v) is 1.05. The molecule has 0 saturated carbocycles. The maximum Gasteiger partial charge on any atom is 0.306 e. The van der Waals surface area contributed by atoms with Crippen LogP contribution in [-0.2, 0) is 38.0 Å². The quantitative estimate of drug-likeness (QED) is 0.345. The van der Waals surface area contributed by atoms with E-state index < -0.39 is 0 Å². The first-order chi connectivity index (χ1) is 16.2. The molecule has 0 N–H and O–H groups in total. The Morgan fingerprint density at radius 3 is 0.944 bits per heavy atom. The molecule has 0 aromatic carbocycles. The average Bonchev–Trinajstić information content (AvgIpc) is 2.73. The van der Waals surface area contributed by atoms with E-state index in [0.717, 1.165) is 19.8 Å². The number of ether oxygens (including phenoxy) is 6. The van der Waals surface area contributed by atoms with Crippen molar-refractivity contribution in [2.75, 3.05) is 41.2 Å². The van der Waals surface area contributed by atoms with Crippen LogP contribution in [0.15, 0.2) is 0 Å². The van der Waals surface area contributed by atoms with E-state index in [1.807, 2.05) is 90.0 Å². The molecule has 36 heavy (non-hydrogen) atoms. The number of hydrogen-bond donors (Lipinski definition) is 0. The Morgan fingerprint density at radius 2 is 0.917 bits per heavy atom. The van der Waals surface area contributed by atoms with E-state index in [1.54, 1.807) is 28.3 Å². The van der Waals surface area contributed by atoms with Gasteiger partial charge >= 0.3 is 11.9 Å². The van der Waals surface area contributed by atoms with Crippen molar-refractivity contribution in [3.05, 3.63) is 0 Å². The summed E-state index contributed by atoms with van der Waals surface area (Å²) >= 11 is 0. The summed E-state index contributed by atoms with van der Waals surface area (Å²) in [5.74, 6) is -0.361. The lowest BCUT2D eigenvalue weighted by atomic mass is 10.2. The summed E-state index contributed by atoms with van der Waals surface area (Å²) in [6, 6.07) is 0. The van der Waals surface area contributed by atoms with Gasteiger partial charge in [0.15, 0.2) is 0 Å². The molecular formula is C28H64O8. The molecule has 0 spiro atoms. The summed E-state index contributed by atoms with van der Waals surface area (Å²) in [5, 5.41) is 0. The van der Waals surface area contributed by atoms with Crippen molar-refractivity contribution in [1.82, 2.24) is 0 Å². The lowest BCUT2D eigenvalue weighted by molar-refractivity contribution is -0.154. The summed E-state index contributed by atoms with van der Waals surface area (Å²) in [4.78, 5) is 20.8. The molecule has 0 amide bonds. The van der Waals surface area contributed by atoms with Crippen LogP contribution < -0.4 is 0 Å². The first kappa shape index (κ1) is 47.9. The van der Waals surface area contributed by atoms with Crippen LogP contribution in [0.5, 0.6) is 0 Å². The third-order valence-corrected chi connectivity index (χ3v) is 2.80. The summed E-state index contributed by atoms with van der Waals surface area (Å²) in [6.45, 7) is 30.7. The predicted molar refractivity (Wildman–Crippen MR) is 152 cm³/mol. The fraction of sp³-hybridized carbons (Fsp3) is 0.929. The highest BCUT2D eigenvalue weighted by atomic mass is 16.6. The van der Waals surface area contributed by atoms with Crippen LogP contribution >= 0.6 is 0 Å². The van der Waals surface area contributed by atoms with Crippen LogP contribution in [0.25, 0.3) is 0 Å². The molecule has 0 radical (unpaired) electrons. The highest BCUT2D eigenvalue weighted by Gasteiger charge is 2.13. The Morgan fingerprint density at radius 1 is 0.639 bits per heavy atom. The van der Waals surface area contributed by atoms with Crippen molar-refractivity contribution in [3.63, 3.8) is 0 Å². The molecule has 0 aliphatic carbocycles. The maximum absolute atomic E-state index is 10.6. The second-order valence-electron chi connectivity index (χ2n) is 9.57. The molecular weight excluding hydrogens is 464 g/mol. The topological polar surface area (TPSA) is 89.5 Å². The van der Waals surface area contributed by atoms with Crippen LogP contribution in [0.2, 0.25) is 0 Å². The van der Waals surface area contributed by atoms with Gasteiger partial charge in [-0.25, -0.2) is 0 Å². The van der Waals surface area contributed by atoms with Gasteiger partial charge in [-0.1, -0.05) is 6.92 Å². The molecule has 8 nitrogen and oxygen atoms in total. The lowest BCUT2D eigenvalue weighted by Crippen LogP contribution is -2.23. The standard InChI is InChI=1S/C7H14O2.C6H12O2.3C4H10O.C3H8O/c1-5-6(8)9-7(2,3)4;1-5(7)8-6(2,3)4;2*1-4(2)5-3;1-3-5-4-2;1-3-4-2/h5H2,1-4H3;1-4H3;2*4H,1-3H3;3-4H2,1-2H3;3H2,1-2H3. The fourth-order valence-electron chi connectivity index (χ4n) is 1.05. The average molecular weight is 529 g/mol. The van der Waals surface area contributed by atoms with Crippen LogP contribution in [-0.4, -0.2) is 76.5 Å². The highest BCUT2D eigenvalue weighted by molar-refractivity contribution is 5.69. The molecule has 0 aromatic heterocycles. The maximum atomic E-state index is 10.6. The van der Waals surface area contributed by atoms with Gasteiger partial charge in [0.2, 0.25) is 0 Å². The number of rotatable bonds is 6. The van der Waals surface area contributed by atoms with Gasteiger partial charge in [0.05, 0.1) is 12.2 Å². The molecule has 0 bridgehead atoms. The smallest absolute Gasteiger partial charge is 0.306 e. The van der Waals surface area contributed by atoms with Gasteiger partial charge in [0.1, 0.15) is 11.2 Å². The van der Waals surface area contributed by atoms with E-state index in [-0.39, 0.29) is 23.1 Å². The van der Waals surface area contributed by atoms with Crippen molar-refractivity contribution in [1.29, 1.82) is 0 Å². The number of hydrogen-bond acceptors (Lipinski definition) is 8. The normalized spacial score (nSPS) is 9.89. The number of esters is 2. The van der Waals surface area contributed by atoms with Gasteiger partial charge in [0.25, 0.3) is 0 Å². The third kappa shape index (κ3) is 105. The Hall–Kier alpha value is -1.22. The Kier molecular flexibility index (Phi) is 45.0. The van der Waals surface area contributed by atoms with Crippen molar-refractivity contribution in [2.24, 2.45) is 0 Å². The van der Waals surface area contributed by atoms with Gasteiger partial charge < -0.3 is 28.4 Å². The van der Waals surface area contributed by atoms with Crippen LogP contribution in [0, 0.1) is 0 Å². The molecule has 0 aliphatic heterocycles. The molecule has 0 aliphatic rings. The Labute approximate surface area is 225 Å².